The summed E-state index contributed by atoms with van der Waals surface area (Å²) in [5, 5.41) is 8.84. The Morgan fingerprint density at radius 1 is 1.33 bits per heavy atom. The van der Waals surface area contributed by atoms with Crippen LogP contribution in [0.15, 0.2) is 34.2 Å². The van der Waals surface area contributed by atoms with E-state index in [4.69, 9.17) is 0 Å². The van der Waals surface area contributed by atoms with Crippen LogP contribution in [-0.4, -0.2) is 19.0 Å². The fraction of sp³-hybridized carbons (Fsp3) is 0.562. The van der Waals surface area contributed by atoms with Crippen molar-refractivity contribution in [2.45, 2.75) is 45.6 Å². The van der Waals surface area contributed by atoms with E-state index in [0.717, 1.165) is 32.0 Å². The molecule has 118 valence electrons. The van der Waals surface area contributed by atoms with Gasteiger partial charge in [0.15, 0.2) is 5.96 Å². The first-order valence-electron chi connectivity index (χ1n) is 7.61. The summed E-state index contributed by atoms with van der Waals surface area (Å²) in [5.41, 5.74) is 1.61. The largest absolute Gasteiger partial charge is 0.357 e. The number of aliphatic imine (C=N–C) groups is 1. The summed E-state index contributed by atoms with van der Waals surface area (Å²) in [6.45, 7) is 4.74. The summed E-state index contributed by atoms with van der Waals surface area (Å²) in [5.74, 6) is 0.928. The van der Waals surface area contributed by atoms with Gasteiger partial charge in [-0.05, 0) is 50.5 Å². The van der Waals surface area contributed by atoms with Gasteiger partial charge in [-0.2, -0.15) is 0 Å². The van der Waals surface area contributed by atoms with E-state index in [9.17, 15) is 0 Å². The van der Waals surface area contributed by atoms with Crippen LogP contribution in [0.2, 0.25) is 0 Å². The Bertz CT molecular complexity index is 440. The summed E-state index contributed by atoms with van der Waals surface area (Å²) >= 11 is 1.76. The molecule has 0 amide bonds. The number of rotatable bonds is 6. The van der Waals surface area contributed by atoms with Crippen molar-refractivity contribution in [2.24, 2.45) is 4.99 Å². The molecule has 0 fully saturated rings. The van der Waals surface area contributed by atoms with Crippen LogP contribution in [0.3, 0.4) is 0 Å². The lowest BCUT2D eigenvalue weighted by atomic mass is 9.97. The van der Waals surface area contributed by atoms with Gasteiger partial charge in [0.25, 0.3) is 0 Å². The first-order chi connectivity index (χ1) is 9.88. The van der Waals surface area contributed by atoms with Crippen LogP contribution < -0.4 is 10.6 Å². The van der Waals surface area contributed by atoms with E-state index in [-0.39, 0.29) is 24.0 Å². The molecule has 0 radical (unpaired) electrons. The number of nitrogens with zero attached hydrogens (tertiary/aromatic N) is 1. The minimum Gasteiger partial charge on any atom is -0.357 e. The Kier molecular flexibility index (Phi) is 9.74. The maximum atomic E-state index is 4.62. The van der Waals surface area contributed by atoms with E-state index >= 15 is 0 Å². The highest BCUT2D eigenvalue weighted by molar-refractivity contribution is 14.0. The molecule has 5 heteroatoms. The minimum absolute atomic E-state index is 0. The molecule has 1 aliphatic carbocycles. The molecule has 3 nitrogen and oxygen atoms in total. The van der Waals surface area contributed by atoms with Crippen LogP contribution in [0.1, 0.15) is 43.9 Å². The second kappa shape index (κ2) is 11.1. The summed E-state index contributed by atoms with van der Waals surface area (Å²) < 4.78 is 0. The van der Waals surface area contributed by atoms with E-state index in [1.807, 2.05) is 0 Å². The lowest BCUT2D eigenvalue weighted by Crippen LogP contribution is -2.37. The highest BCUT2D eigenvalue weighted by atomic mass is 127. The molecule has 1 aromatic rings. The van der Waals surface area contributed by atoms with Gasteiger partial charge in [0.2, 0.25) is 0 Å². The molecule has 0 bridgehead atoms. The molecule has 0 saturated heterocycles. The van der Waals surface area contributed by atoms with Crippen molar-refractivity contribution >= 4 is 41.3 Å². The molecule has 0 unspecified atom stereocenters. The second-order valence-electron chi connectivity index (χ2n) is 5.06. The SMILES string of the molecule is CCNC(=NCc1cccs1)NCCC1=CCCCC1.I. The van der Waals surface area contributed by atoms with Gasteiger partial charge in [0.05, 0.1) is 6.54 Å². The molecule has 1 aromatic heterocycles. The van der Waals surface area contributed by atoms with Crippen molar-refractivity contribution in [1.29, 1.82) is 0 Å². The van der Waals surface area contributed by atoms with Gasteiger partial charge in [0, 0.05) is 18.0 Å². The number of guanidine groups is 1. The molecule has 0 spiro atoms. The number of halogens is 1. The molecule has 2 N–H and O–H groups in total. The van der Waals surface area contributed by atoms with Crippen LogP contribution in [-0.2, 0) is 6.54 Å². The van der Waals surface area contributed by atoms with Gasteiger partial charge >= 0.3 is 0 Å². The van der Waals surface area contributed by atoms with E-state index in [1.54, 1.807) is 16.9 Å². The maximum Gasteiger partial charge on any atom is 0.191 e. The highest BCUT2D eigenvalue weighted by Crippen LogP contribution is 2.19. The molecule has 21 heavy (non-hydrogen) atoms. The Hall–Kier alpha value is -0.560. The fourth-order valence-corrected chi connectivity index (χ4v) is 3.00. The van der Waals surface area contributed by atoms with Crippen molar-refractivity contribution in [2.75, 3.05) is 13.1 Å². The number of thiophene rings is 1. The number of hydrogen-bond donors (Lipinski definition) is 2. The maximum absolute atomic E-state index is 4.62. The van der Waals surface area contributed by atoms with Crippen LogP contribution in [0, 0.1) is 0 Å². The van der Waals surface area contributed by atoms with Gasteiger partial charge < -0.3 is 10.6 Å². The van der Waals surface area contributed by atoms with Crippen molar-refractivity contribution in [3.63, 3.8) is 0 Å². The smallest absolute Gasteiger partial charge is 0.191 e. The third kappa shape index (κ3) is 7.31. The normalized spacial score (nSPS) is 15.1. The summed E-state index contributed by atoms with van der Waals surface area (Å²) in [7, 11) is 0. The number of allylic oxidation sites excluding steroid dienone is 1. The van der Waals surface area contributed by atoms with E-state index in [0.29, 0.717) is 0 Å². The lowest BCUT2D eigenvalue weighted by molar-refractivity contribution is 0.665. The topological polar surface area (TPSA) is 36.4 Å². The third-order valence-electron chi connectivity index (χ3n) is 3.44. The molecule has 2 rings (SSSR count). The zero-order chi connectivity index (χ0) is 14.0. The predicted molar refractivity (Wildman–Crippen MR) is 104 cm³/mol. The number of nitrogens with one attached hydrogen (secondary N) is 2. The monoisotopic (exact) mass is 419 g/mol. The van der Waals surface area contributed by atoms with Crippen molar-refractivity contribution in [1.82, 2.24) is 10.6 Å². The van der Waals surface area contributed by atoms with Crippen LogP contribution in [0.5, 0.6) is 0 Å². The molecule has 1 heterocycles. The first kappa shape index (κ1) is 18.5. The lowest BCUT2D eigenvalue weighted by Gasteiger charge is -2.15. The molecule has 0 aromatic carbocycles. The average Bonchev–Trinajstić information content (AvgIpc) is 2.99. The Morgan fingerprint density at radius 3 is 2.90 bits per heavy atom. The second-order valence-corrected chi connectivity index (χ2v) is 6.09. The van der Waals surface area contributed by atoms with Gasteiger partial charge in [-0.3, -0.25) is 0 Å². The predicted octanol–water partition coefficient (Wildman–Crippen LogP) is 4.31. The quantitative estimate of drug-likeness (QED) is 0.312. The molecule has 0 saturated carbocycles. The van der Waals surface area contributed by atoms with E-state index in [2.05, 4.69) is 46.1 Å². The van der Waals surface area contributed by atoms with Gasteiger partial charge in [-0.15, -0.1) is 35.3 Å². The van der Waals surface area contributed by atoms with Gasteiger partial charge in [-0.25, -0.2) is 4.99 Å². The average molecular weight is 419 g/mol. The zero-order valence-corrected chi connectivity index (χ0v) is 15.9. The standard InChI is InChI=1S/C16H25N3S.HI/c1-2-17-16(19-13-15-9-6-12-20-15)18-11-10-14-7-4-3-5-8-14;/h6-7,9,12H,2-5,8,10-11,13H2,1H3,(H2,17,18,19);1H. The first-order valence-corrected chi connectivity index (χ1v) is 8.49. The summed E-state index contributed by atoms with van der Waals surface area (Å²) in [6.07, 6.45) is 8.83. The van der Waals surface area contributed by atoms with Crippen LogP contribution in [0.4, 0.5) is 0 Å². The minimum atomic E-state index is 0. The van der Waals surface area contributed by atoms with Crippen LogP contribution >= 0.6 is 35.3 Å². The zero-order valence-electron chi connectivity index (χ0n) is 12.7. The number of hydrogen-bond acceptors (Lipinski definition) is 2. The molecule has 0 atom stereocenters. The fourth-order valence-electron chi connectivity index (χ4n) is 2.37. The summed E-state index contributed by atoms with van der Waals surface area (Å²) in [4.78, 5) is 5.93. The van der Waals surface area contributed by atoms with Crippen molar-refractivity contribution in [3.05, 3.63) is 34.0 Å². The Balaban J connectivity index is 0.00000220. The molecular formula is C16H26IN3S. The Labute approximate surface area is 149 Å². The van der Waals surface area contributed by atoms with Crippen molar-refractivity contribution in [3.8, 4) is 0 Å². The van der Waals surface area contributed by atoms with Crippen LogP contribution in [0.25, 0.3) is 0 Å². The molecular weight excluding hydrogens is 393 g/mol. The van der Waals surface area contributed by atoms with Crippen molar-refractivity contribution < 1.29 is 0 Å². The molecule has 1 aliphatic rings. The Morgan fingerprint density at radius 2 is 2.24 bits per heavy atom. The summed E-state index contributed by atoms with van der Waals surface area (Å²) in [6, 6.07) is 4.20. The van der Waals surface area contributed by atoms with E-state index < -0.39 is 0 Å². The third-order valence-corrected chi connectivity index (χ3v) is 4.30. The molecule has 0 aliphatic heterocycles. The van der Waals surface area contributed by atoms with Gasteiger partial charge in [-0.1, -0.05) is 17.7 Å². The van der Waals surface area contributed by atoms with E-state index in [1.165, 1.54) is 30.6 Å². The highest BCUT2D eigenvalue weighted by Gasteiger charge is 2.04. The van der Waals surface area contributed by atoms with Gasteiger partial charge in [0.1, 0.15) is 0 Å².